The average Bonchev–Trinajstić information content (AvgIpc) is 2.71. The molecule has 0 unspecified atom stereocenters. The van der Waals surface area contributed by atoms with E-state index >= 15 is 0 Å². The first-order valence-corrected chi connectivity index (χ1v) is 7.33. The largest absolute Gasteiger partial charge is 0.306 e. The molecule has 0 fully saturated rings. The molecule has 20 heavy (non-hydrogen) atoms. The van der Waals surface area contributed by atoms with Crippen molar-refractivity contribution in [3.8, 4) is 0 Å². The van der Waals surface area contributed by atoms with Crippen molar-refractivity contribution in [1.29, 1.82) is 0 Å². The van der Waals surface area contributed by atoms with Crippen molar-refractivity contribution in [2.24, 2.45) is 0 Å². The van der Waals surface area contributed by atoms with E-state index in [0.717, 1.165) is 22.3 Å². The van der Waals surface area contributed by atoms with Crippen LogP contribution in [0.5, 0.6) is 0 Å². The van der Waals surface area contributed by atoms with Gasteiger partial charge < -0.3 is 5.32 Å². The molecule has 1 aromatic heterocycles. The minimum atomic E-state index is -0.240. The van der Waals surface area contributed by atoms with Gasteiger partial charge in [0, 0.05) is 22.8 Å². The minimum Gasteiger partial charge on any atom is -0.306 e. The van der Waals surface area contributed by atoms with Crippen LogP contribution in [0.2, 0.25) is 0 Å². The molecule has 0 aliphatic carbocycles. The Hall–Kier alpha value is -1.20. The number of nitrogens with zero attached hydrogens (tertiary/aromatic N) is 2. The van der Waals surface area contributed by atoms with Crippen molar-refractivity contribution < 1.29 is 4.39 Å². The van der Waals surface area contributed by atoms with Gasteiger partial charge in [-0.15, -0.1) is 0 Å². The van der Waals surface area contributed by atoms with E-state index in [2.05, 4.69) is 47.1 Å². The summed E-state index contributed by atoms with van der Waals surface area (Å²) >= 11 is 3.31. The second kappa shape index (κ2) is 6.06. The fourth-order valence-electron chi connectivity index (χ4n) is 1.88. The maximum atomic E-state index is 13.4. The summed E-state index contributed by atoms with van der Waals surface area (Å²) in [4.78, 5) is 0. The second-order valence-corrected chi connectivity index (χ2v) is 6.78. The van der Waals surface area contributed by atoms with E-state index < -0.39 is 0 Å². The molecule has 0 saturated heterocycles. The third-order valence-corrected chi connectivity index (χ3v) is 3.32. The highest BCUT2D eigenvalue weighted by atomic mass is 79.9. The third-order valence-electron chi connectivity index (χ3n) is 2.86. The molecule has 5 heteroatoms. The van der Waals surface area contributed by atoms with Gasteiger partial charge in [0.05, 0.1) is 12.2 Å². The fourth-order valence-corrected chi connectivity index (χ4v) is 2.40. The molecule has 1 N–H and O–H groups in total. The maximum absolute atomic E-state index is 13.4. The van der Waals surface area contributed by atoms with E-state index in [1.165, 1.54) is 12.1 Å². The molecule has 0 amide bonds. The van der Waals surface area contributed by atoms with Crippen LogP contribution in [0, 0.1) is 5.82 Å². The van der Waals surface area contributed by atoms with E-state index in [-0.39, 0.29) is 11.4 Å². The summed E-state index contributed by atoms with van der Waals surface area (Å²) in [6.07, 6.45) is 1.77. The number of benzene rings is 1. The predicted molar refractivity (Wildman–Crippen MR) is 82.0 cm³/mol. The quantitative estimate of drug-likeness (QED) is 0.919. The molecule has 2 rings (SSSR count). The molecular formula is C15H19BrFN3. The van der Waals surface area contributed by atoms with Gasteiger partial charge in [0.2, 0.25) is 0 Å². The summed E-state index contributed by atoms with van der Waals surface area (Å²) in [5.41, 5.74) is 2.02. The lowest BCUT2D eigenvalue weighted by Crippen LogP contribution is -2.35. The number of rotatable bonds is 4. The molecule has 0 aliphatic rings. The molecule has 1 heterocycles. The van der Waals surface area contributed by atoms with Crippen LogP contribution in [-0.4, -0.2) is 15.3 Å². The van der Waals surface area contributed by atoms with Crippen molar-refractivity contribution in [2.45, 2.75) is 39.4 Å². The molecule has 0 bridgehead atoms. The monoisotopic (exact) mass is 339 g/mol. The molecule has 0 radical (unpaired) electrons. The number of aromatic nitrogens is 2. The van der Waals surface area contributed by atoms with Crippen LogP contribution in [0.1, 0.15) is 32.0 Å². The van der Waals surface area contributed by atoms with Crippen LogP contribution in [0.25, 0.3) is 0 Å². The van der Waals surface area contributed by atoms with Crippen molar-refractivity contribution in [3.05, 3.63) is 52.0 Å². The van der Waals surface area contributed by atoms with Gasteiger partial charge in [0.25, 0.3) is 0 Å². The Kier molecular flexibility index (Phi) is 4.60. The van der Waals surface area contributed by atoms with Crippen molar-refractivity contribution in [3.63, 3.8) is 0 Å². The maximum Gasteiger partial charge on any atom is 0.124 e. The Morgan fingerprint density at radius 2 is 2.05 bits per heavy atom. The lowest BCUT2D eigenvalue weighted by molar-refractivity contribution is 0.414. The summed E-state index contributed by atoms with van der Waals surface area (Å²) in [6.45, 7) is 7.66. The van der Waals surface area contributed by atoms with Crippen LogP contribution in [0.3, 0.4) is 0 Å². The van der Waals surface area contributed by atoms with Gasteiger partial charge in [-0.1, -0.05) is 15.9 Å². The lowest BCUT2D eigenvalue weighted by atomic mass is 10.1. The number of nitrogens with one attached hydrogen (secondary N) is 1. The minimum absolute atomic E-state index is 0.0526. The van der Waals surface area contributed by atoms with Crippen LogP contribution in [0.4, 0.5) is 4.39 Å². The first-order valence-electron chi connectivity index (χ1n) is 6.54. The Bertz CT molecular complexity index is 567. The van der Waals surface area contributed by atoms with Crippen LogP contribution >= 0.6 is 15.9 Å². The lowest BCUT2D eigenvalue weighted by Gasteiger charge is -2.20. The second-order valence-electron chi connectivity index (χ2n) is 5.86. The van der Waals surface area contributed by atoms with E-state index in [1.54, 1.807) is 6.20 Å². The zero-order chi connectivity index (χ0) is 14.8. The summed E-state index contributed by atoms with van der Waals surface area (Å²) in [5, 5.41) is 7.74. The average molecular weight is 340 g/mol. The Morgan fingerprint density at radius 3 is 2.70 bits per heavy atom. The van der Waals surface area contributed by atoms with Crippen molar-refractivity contribution in [1.82, 2.24) is 15.1 Å². The molecular weight excluding hydrogens is 321 g/mol. The fraction of sp³-hybridized carbons (Fsp3) is 0.400. The standard InChI is InChI=1S/C15H19BrFN3/c1-15(2,3)18-9-14-4-5-19-20(14)10-11-6-12(16)8-13(17)7-11/h4-8,18H,9-10H2,1-3H3. The summed E-state index contributed by atoms with van der Waals surface area (Å²) < 4.78 is 16.0. The highest BCUT2D eigenvalue weighted by molar-refractivity contribution is 9.10. The topological polar surface area (TPSA) is 29.9 Å². The van der Waals surface area contributed by atoms with Gasteiger partial charge in [0.1, 0.15) is 5.82 Å². The molecule has 2 aromatic rings. The van der Waals surface area contributed by atoms with Gasteiger partial charge in [-0.25, -0.2) is 4.39 Å². The first kappa shape index (κ1) is 15.2. The Labute approximate surface area is 127 Å². The molecule has 0 atom stereocenters. The van der Waals surface area contributed by atoms with Gasteiger partial charge in [-0.3, -0.25) is 4.68 Å². The van der Waals surface area contributed by atoms with Crippen molar-refractivity contribution >= 4 is 15.9 Å². The van der Waals surface area contributed by atoms with Crippen LogP contribution in [0.15, 0.2) is 34.9 Å². The normalized spacial score (nSPS) is 11.8. The molecule has 3 nitrogen and oxygen atoms in total. The number of hydrogen-bond donors (Lipinski definition) is 1. The van der Waals surface area contributed by atoms with Gasteiger partial charge in [0.15, 0.2) is 0 Å². The first-order chi connectivity index (χ1) is 9.33. The predicted octanol–water partition coefficient (Wildman–Crippen LogP) is 3.72. The van der Waals surface area contributed by atoms with Crippen molar-refractivity contribution in [2.75, 3.05) is 0 Å². The number of halogens is 2. The number of hydrogen-bond acceptors (Lipinski definition) is 2. The summed E-state index contributed by atoms with van der Waals surface area (Å²) in [5.74, 6) is -0.240. The van der Waals surface area contributed by atoms with Gasteiger partial charge >= 0.3 is 0 Å². The Balaban J connectivity index is 2.12. The molecule has 0 saturated carbocycles. The molecule has 0 aliphatic heterocycles. The zero-order valence-corrected chi connectivity index (χ0v) is 13.5. The highest BCUT2D eigenvalue weighted by Gasteiger charge is 2.11. The van der Waals surface area contributed by atoms with Gasteiger partial charge in [-0.2, -0.15) is 5.10 Å². The highest BCUT2D eigenvalue weighted by Crippen LogP contribution is 2.16. The van der Waals surface area contributed by atoms with E-state index in [1.807, 2.05) is 16.8 Å². The van der Waals surface area contributed by atoms with E-state index in [9.17, 15) is 4.39 Å². The zero-order valence-electron chi connectivity index (χ0n) is 12.0. The van der Waals surface area contributed by atoms with Gasteiger partial charge in [-0.05, 0) is 50.6 Å². The van der Waals surface area contributed by atoms with Crippen LogP contribution < -0.4 is 5.32 Å². The van der Waals surface area contributed by atoms with E-state index in [0.29, 0.717) is 6.54 Å². The summed E-state index contributed by atoms with van der Waals surface area (Å²) in [6, 6.07) is 6.88. The van der Waals surface area contributed by atoms with E-state index in [4.69, 9.17) is 0 Å². The molecule has 0 spiro atoms. The third kappa shape index (κ3) is 4.42. The summed E-state index contributed by atoms with van der Waals surface area (Å²) in [7, 11) is 0. The SMILES string of the molecule is CC(C)(C)NCc1ccnn1Cc1cc(F)cc(Br)c1. The smallest absolute Gasteiger partial charge is 0.124 e. The molecule has 1 aromatic carbocycles. The Morgan fingerprint density at radius 1 is 1.30 bits per heavy atom. The van der Waals surface area contributed by atoms with Crippen LogP contribution in [-0.2, 0) is 13.1 Å². The molecule has 108 valence electrons.